The van der Waals surface area contributed by atoms with E-state index in [1.807, 2.05) is 24.3 Å². The van der Waals surface area contributed by atoms with Gasteiger partial charge in [-0.15, -0.1) is 0 Å². The fraction of sp³-hybridized carbons (Fsp3) is 0.167. The van der Waals surface area contributed by atoms with Crippen LogP contribution in [0.3, 0.4) is 0 Å². The summed E-state index contributed by atoms with van der Waals surface area (Å²) in [4.78, 5) is 14.8. The highest BCUT2D eigenvalue weighted by atomic mass is 16.5. The summed E-state index contributed by atoms with van der Waals surface area (Å²) in [6.45, 7) is 1.61. The van der Waals surface area contributed by atoms with Gasteiger partial charge in [0, 0.05) is 17.8 Å². The van der Waals surface area contributed by atoms with E-state index in [0.29, 0.717) is 5.75 Å². The lowest BCUT2D eigenvalue weighted by molar-refractivity contribution is -0.118. The van der Waals surface area contributed by atoms with E-state index in [4.69, 9.17) is 4.74 Å². The molecule has 76 valence electrons. The number of ether oxygens (including phenoxy) is 1. The van der Waals surface area contributed by atoms with E-state index in [0.717, 1.165) is 10.8 Å². The van der Waals surface area contributed by atoms with Crippen molar-refractivity contribution in [2.45, 2.75) is 6.92 Å². The van der Waals surface area contributed by atoms with Crippen LogP contribution in [0.25, 0.3) is 10.8 Å². The van der Waals surface area contributed by atoms with Gasteiger partial charge in [0.15, 0.2) is 5.78 Å². The van der Waals surface area contributed by atoms with E-state index in [1.165, 1.54) is 6.92 Å². The van der Waals surface area contributed by atoms with Gasteiger partial charge in [-0.3, -0.25) is 9.78 Å². The van der Waals surface area contributed by atoms with Gasteiger partial charge in [-0.05, 0) is 24.4 Å². The standard InChI is InChI=1S/C12H11NO2/c1-9(14)8-15-12-4-2-3-10-5-6-13-7-11(10)12/h2-7H,8H2,1H3. The largest absolute Gasteiger partial charge is 0.485 e. The Kier molecular flexibility index (Phi) is 2.63. The molecule has 1 heterocycles. The van der Waals surface area contributed by atoms with Crippen molar-refractivity contribution in [2.24, 2.45) is 0 Å². The maximum Gasteiger partial charge on any atom is 0.167 e. The molecule has 0 N–H and O–H groups in total. The summed E-state index contributed by atoms with van der Waals surface area (Å²) in [6.07, 6.45) is 3.47. The van der Waals surface area contributed by atoms with Gasteiger partial charge in [0.05, 0.1) is 0 Å². The third kappa shape index (κ3) is 2.13. The van der Waals surface area contributed by atoms with Gasteiger partial charge in [0.25, 0.3) is 0 Å². The second-order valence-electron chi connectivity index (χ2n) is 3.34. The molecule has 0 radical (unpaired) electrons. The normalized spacial score (nSPS) is 10.2. The van der Waals surface area contributed by atoms with Crippen LogP contribution in [0.4, 0.5) is 0 Å². The predicted molar refractivity (Wildman–Crippen MR) is 57.9 cm³/mol. The van der Waals surface area contributed by atoms with Gasteiger partial charge in [-0.1, -0.05) is 12.1 Å². The van der Waals surface area contributed by atoms with Gasteiger partial charge in [0.2, 0.25) is 0 Å². The Balaban J connectivity index is 2.38. The minimum atomic E-state index is 0.0101. The summed E-state index contributed by atoms with van der Waals surface area (Å²) < 4.78 is 5.39. The zero-order chi connectivity index (χ0) is 10.7. The van der Waals surface area contributed by atoms with Crippen molar-refractivity contribution in [3.63, 3.8) is 0 Å². The van der Waals surface area contributed by atoms with E-state index < -0.39 is 0 Å². The highest BCUT2D eigenvalue weighted by molar-refractivity contribution is 5.87. The molecule has 3 heteroatoms. The number of nitrogens with zero attached hydrogens (tertiary/aromatic N) is 1. The molecular formula is C12H11NO2. The van der Waals surface area contributed by atoms with Crippen LogP contribution in [0.2, 0.25) is 0 Å². The Morgan fingerprint density at radius 3 is 3.07 bits per heavy atom. The monoisotopic (exact) mass is 201 g/mol. The van der Waals surface area contributed by atoms with E-state index in [1.54, 1.807) is 12.4 Å². The first-order valence-electron chi connectivity index (χ1n) is 4.72. The molecule has 2 aromatic rings. The maximum atomic E-state index is 10.8. The minimum absolute atomic E-state index is 0.0101. The lowest BCUT2D eigenvalue weighted by Gasteiger charge is -2.06. The summed E-state index contributed by atoms with van der Waals surface area (Å²) in [5.41, 5.74) is 0. The summed E-state index contributed by atoms with van der Waals surface area (Å²) in [5.74, 6) is 0.715. The molecule has 0 spiro atoms. The molecule has 1 aromatic carbocycles. The third-order valence-electron chi connectivity index (χ3n) is 2.07. The average molecular weight is 201 g/mol. The summed E-state index contributed by atoms with van der Waals surface area (Å²) in [6, 6.07) is 7.64. The maximum absolute atomic E-state index is 10.8. The predicted octanol–water partition coefficient (Wildman–Crippen LogP) is 2.20. The highest BCUT2D eigenvalue weighted by Crippen LogP contribution is 2.23. The van der Waals surface area contributed by atoms with E-state index in [-0.39, 0.29) is 12.4 Å². The number of hydrogen-bond donors (Lipinski definition) is 0. The van der Waals surface area contributed by atoms with Gasteiger partial charge in [-0.2, -0.15) is 0 Å². The van der Waals surface area contributed by atoms with Crippen LogP contribution >= 0.6 is 0 Å². The van der Waals surface area contributed by atoms with Gasteiger partial charge in [-0.25, -0.2) is 0 Å². The van der Waals surface area contributed by atoms with Crippen LogP contribution in [-0.2, 0) is 4.79 Å². The van der Waals surface area contributed by atoms with Crippen LogP contribution in [-0.4, -0.2) is 17.4 Å². The molecule has 3 nitrogen and oxygen atoms in total. The number of fused-ring (bicyclic) bond motifs is 1. The molecule has 0 bridgehead atoms. The van der Waals surface area contributed by atoms with Crippen molar-refractivity contribution in [1.29, 1.82) is 0 Å². The quantitative estimate of drug-likeness (QED) is 0.764. The third-order valence-corrected chi connectivity index (χ3v) is 2.07. The molecule has 15 heavy (non-hydrogen) atoms. The minimum Gasteiger partial charge on any atom is -0.485 e. The fourth-order valence-electron chi connectivity index (χ4n) is 1.39. The van der Waals surface area contributed by atoms with Crippen molar-refractivity contribution < 1.29 is 9.53 Å². The number of pyridine rings is 1. The molecule has 0 aliphatic carbocycles. The number of hydrogen-bond acceptors (Lipinski definition) is 3. The first-order chi connectivity index (χ1) is 7.27. The lowest BCUT2D eigenvalue weighted by Crippen LogP contribution is -2.06. The Morgan fingerprint density at radius 2 is 2.27 bits per heavy atom. The van der Waals surface area contributed by atoms with Gasteiger partial charge >= 0.3 is 0 Å². The Bertz CT molecular complexity index is 488. The Labute approximate surface area is 87.7 Å². The molecule has 0 aliphatic rings. The highest BCUT2D eigenvalue weighted by Gasteiger charge is 2.02. The number of aromatic nitrogens is 1. The van der Waals surface area contributed by atoms with Crippen LogP contribution in [0.5, 0.6) is 5.75 Å². The lowest BCUT2D eigenvalue weighted by atomic mass is 10.1. The zero-order valence-electron chi connectivity index (χ0n) is 8.43. The molecule has 0 atom stereocenters. The summed E-state index contributed by atoms with van der Waals surface area (Å²) in [7, 11) is 0. The van der Waals surface area contributed by atoms with Crippen molar-refractivity contribution in [3.8, 4) is 5.75 Å². The van der Waals surface area contributed by atoms with Crippen molar-refractivity contribution in [2.75, 3.05) is 6.61 Å². The van der Waals surface area contributed by atoms with Crippen LogP contribution in [0.15, 0.2) is 36.7 Å². The van der Waals surface area contributed by atoms with Crippen LogP contribution < -0.4 is 4.74 Å². The molecule has 0 fully saturated rings. The summed E-state index contributed by atoms with van der Waals surface area (Å²) >= 11 is 0. The molecule has 0 saturated carbocycles. The molecule has 0 amide bonds. The van der Waals surface area contributed by atoms with E-state index >= 15 is 0 Å². The number of Topliss-reactive ketones (excluding diaryl/α,β-unsaturated/α-hetero) is 1. The molecule has 0 unspecified atom stereocenters. The molecule has 2 rings (SSSR count). The van der Waals surface area contributed by atoms with Crippen molar-refractivity contribution >= 4 is 16.6 Å². The number of rotatable bonds is 3. The van der Waals surface area contributed by atoms with Crippen molar-refractivity contribution in [1.82, 2.24) is 4.98 Å². The van der Waals surface area contributed by atoms with E-state index in [2.05, 4.69) is 4.98 Å². The van der Waals surface area contributed by atoms with Crippen molar-refractivity contribution in [3.05, 3.63) is 36.7 Å². The molecule has 0 saturated heterocycles. The summed E-state index contributed by atoms with van der Waals surface area (Å²) in [5, 5.41) is 1.99. The average Bonchev–Trinajstić information content (AvgIpc) is 2.26. The van der Waals surface area contributed by atoms with Gasteiger partial charge in [0.1, 0.15) is 12.4 Å². The number of carbonyl (C=O) groups excluding carboxylic acids is 1. The van der Waals surface area contributed by atoms with Crippen LogP contribution in [0.1, 0.15) is 6.92 Å². The second-order valence-corrected chi connectivity index (χ2v) is 3.34. The SMILES string of the molecule is CC(=O)COc1cccc2ccncc12. The second kappa shape index (κ2) is 4.09. The molecule has 1 aromatic heterocycles. The Morgan fingerprint density at radius 1 is 1.40 bits per heavy atom. The molecular weight excluding hydrogens is 190 g/mol. The fourth-order valence-corrected chi connectivity index (χ4v) is 1.39. The van der Waals surface area contributed by atoms with E-state index in [9.17, 15) is 4.79 Å². The molecule has 0 aliphatic heterocycles. The topological polar surface area (TPSA) is 39.2 Å². The first-order valence-corrected chi connectivity index (χ1v) is 4.72. The number of benzene rings is 1. The first kappa shape index (κ1) is 9.65. The zero-order valence-corrected chi connectivity index (χ0v) is 8.43. The van der Waals surface area contributed by atoms with Gasteiger partial charge < -0.3 is 4.74 Å². The van der Waals surface area contributed by atoms with Crippen LogP contribution in [0, 0.1) is 0 Å². The smallest absolute Gasteiger partial charge is 0.167 e. The number of ketones is 1. The number of carbonyl (C=O) groups is 1. The Hall–Kier alpha value is -1.90.